The van der Waals surface area contributed by atoms with Crippen LogP contribution in [0.25, 0.3) is 10.2 Å². The van der Waals surface area contributed by atoms with Gasteiger partial charge in [-0.2, -0.15) is 8.78 Å². The molecule has 8 heteroatoms. The van der Waals surface area contributed by atoms with Crippen molar-refractivity contribution in [3.05, 3.63) is 17.8 Å². The van der Waals surface area contributed by atoms with Crippen molar-refractivity contribution in [1.82, 2.24) is 9.97 Å². The van der Waals surface area contributed by atoms with E-state index in [4.69, 9.17) is 0 Å². The number of fused-ring (bicyclic) bond motifs is 1. The Morgan fingerprint density at radius 3 is 2.82 bits per heavy atom. The van der Waals surface area contributed by atoms with Gasteiger partial charge in [0.05, 0.1) is 11.9 Å². The fourth-order valence-electron chi connectivity index (χ4n) is 1.21. The molecule has 0 radical (unpaired) electrons. The Balaban J connectivity index is 2.17. The first-order chi connectivity index (χ1) is 8.00. The van der Waals surface area contributed by atoms with Gasteiger partial charge in [0.25, 0.3) is 0 Å². The van der Waals surface area contributed by atoms with E-state index in [-0.39, 0.29) is 5.82 Å². The molecule has 2 aromatic heterocycles. The fourth-order valence-corrected chi connectivity index (χ4v) is 1.94. The number of thiophene rings is 1. The van der Waals surface area contributed by atoms with Crippen molar-refractivity contribution in [3.8, 4) is 0 Å². The van der Waals surface area contributed by atoms with Crippen LogP contribution in [0.15, 0.2) is 17.8 Å². The van der Waals surface area contributed by atoms with E-state index in [9.17, 15) is 17.6 Å². The molecular formula is C9H7F4N3S. The smallest absolute Gasteiger partial charge is 0.324 e. The maximum absolute atomic E-state index is 12.7. The van der Waals surface area contributed by atoms with Crippen LogP contribution in [0, 0.1) is 0 Å². The zero-order valence-corrected chi connectivity index (χ0v) is 9.15. The van der Waals surface area contributed by atoms with E-state index < -0.39 is 18.9 Å². The maximum atomic E-state index is 12.7. The number of hydrogen-bond donors (Lipinski definition) is 1. The summed E-state index contributed by atoms with van der Waals surface area (Å²) in [6.07, 6.45) is -2.50. The second-order valence-electron chi connectivity index (χ2n) is 3.28. The van der Waals surface area contributed by atoms with E-state index in [0.29, 0.717) is 10.2 Å². The molecule has 92 valence electrons. The second kappa shape index (κ2) is 4.44. The van der Waals surface area contributed by atoms with Crippen LogP contribution in [0.4, 0.5) is 23.4 Å². The first-order valence-electron chi connectivity index (χ1n) is 4.59. The maximum Gasteiger partial charge on any atom is 0.324 e. The zero-order chi connectivity index (χ0) is 12.5. The number of aromatic nitrogens is 2. The molecule has 0 atom stereocenters. The monoisotopic (exact) mass is 265 g/mol. The van der Waals surface area contributed by atoms with Gasteiger partial charge in [0.15, 0.2) is 0 Å². The van der Waals surface area contributed by atoms with Crippen molar-refractivity contribution >= 4 is 27.4 Å². The Kier molecular flexibility index (Phi) is 3.14. The third kappa shape index (κ3) is 2.46. The van der Waals surface area contributed by atoms with Crippen molar-refractivity contribution in [3.63, 3.8) is 0 Å². The second-order valence-corrected chi connectivity index (χ2v) is 4.17. The van der Waals surface area contributed by atoms with E-state index in [1.807, 2.05) is 0 Å². The van der Waals surface area contributed by atoms with Crippen LogP contribution in [-0.4, -0.2) is 28.9 Å². The molecule has 2 rings (SSSR count). The largest absolute Gasteiger partial charge is 0.363 e. The summed E-state index contributed by atoms with van der Waals surface area (Å²) in [5.74, 6) is -3.94. The summed E-state index contributed by atoms with van der Waals surface area (Å²) in [6, 6.07) is 1.64. The van der Waals surface area contributed by atoms with Crippen molar-refractivity contribution in [2.75, 3.05) is 11.9 Å². The summed E-state index contributed by atoms with van der Waals surface area (Å²) in [6.45, 7) is -1.16. The van der Waals surface area contributed by atoms with Gasteiger partial charge in [0.2, 0.25) is 0 Å². The topological polar surface area (TPSA) is 37.8 Å². The first kappa shape index (κ1) is 12.0. The SMILES string of the molecule is FC(F)C(F)(F)CNc1ncnc2sccc12. The highest BCUT2D eigenvalue weighted by Gasteiger charge is 2.40. The summed E-state index contributed by atoms with van der Waals surface area (Å²) < 4.78 is 49.3. The molecule has 0 aliphatic carbocycles. The molecule has 0 saturated heterocycles. The van der Waals surface area contributed by atoms with Gasteiger partial charge in [-0.05, 0) is 11.4 Å². The molecular weight excluding hydrogens is 258 g/mol. The molecule has 0 bridgehead atoms. The number of rotatable bonds is 4. The van der Waals surface area contributed by atoms with E-state index in [0.717, 1.165) is 0 Å². The summed E-state index contributed by atoms with van der Waals surface area (Å²) in [5, 5.41) is 4.48. The predicted octanol–water partition coefficient (Wildman–Crippen LogP) is 3.00. The Bertz CT molecular complexity index is 514. The highest BCUT2D eigenvalue weighted by Crippen LogP contribution is 2.26. The molecule has 0 saturated carbocycles. The lowest BCUT2D eigenvalue weighted by Gasteiger charge is -2.16. The molecule has 1 N–H and O–H groups in total. The fraction of sp³-hybridized carbons (Fsp3) is 0.333. The zero-order valence-electron chi connectivity index (χ0n) is 8.33. The minimum atomic E-state index is -4.08. The molecule has 3 nitrogen and oxygen atoms in total. The van der Waals surface area contributed by atoms with Crippen molar-refractivity contribution < 1.29 is 17.6 Å². The van der Waals surface area contributed by atoms with E-state index in [2.05, 4.69) is 15.3 Å². The molecule has 0 unspecified atom stereocenters. The molecule has 2 heterocycles. The van der Waals surface area contributed by atoms with Gasteiger partial charge in [0, 0.05) is 0 Å². The normalized spacial score (nSPS) is 12.3. The lowest BCUT2D eigenvalue weighted by Crippen LogP contribution is -2.35. The van der Waals surface area contributed by atoms with Gasteiger partial charge in [0.1, 0.15) is 17.0 Å². The van der Waals surface area contributed by atoms with E-state index in [1.54, 1.807) is 11.4 Å². The Morgan fingerprint density at radius 1 is 1.35 bits per heavy atom. The lowest BCUT2D eigenvalue weighted by molar-refractivity contribution is -0.117. The third-order valence-electron chi connectivity index (χ3n) is 2.07. The number of hydrogen-bond acceptors (Lipinski definition) is 4. The quantitative estimate of drug-likeness (QED) is 0.863. The molecule has 0 spiro atoms. The summed E-state index contributed by atoms with van der Waals surface area (Å²) >= 11 is 1.31. The Morgan fingerprint density at radius 2 is 2.12 bits per heavy atom. The highest BCUT2D eigenvalue weighted by atomic mass is 32.1. The van der Waals surface area contributed by atoms with E-state index >= 15 is 0 Å². The van der Waals surface area contributed by atoms with Crippen LogP contribution >= 0.6 is 11.3 Å². The first-order valence-corrected chi connectivity index (χ1v) is 5.47. The van der Waals surface area contributed by atoms with Crippen LogP contribution in [0.5, 0.6) is 0 Å². The van der Waals surface area contributed by atoms with Gasteiger partial charge in [-0.25, -0.2) is 18.7 Å². The number of nitrogens with zero attached hydrogens (tertiary/aromatic N) is 2. The van der Waals surface area contributed by atoms with Gasteiger partial charge >= 0.3 is 12.3 Å². The summed E-state index contributed by atoms with van der Waals surface area (Å²) in [5.41, 5.74) is 0. The lowest BCUT2D eigenvalue weighted by atomic mass is 10.3. The molecule has 2 aromatic rings. The number of nitrogens with one attached hydrogen (secondary N) is 1. The third-order valence-corrected chi connectivity index (χ3v) is 2.89. The van der Waals surface area contributed by atoms with E-state index in [1.165, 1.54) is 17.7 Å². The molecule has 0 amide bonds. The van der Waals surface area contributed by atoms with Crippen LogP contribution in [0.1, 0.15) is 0 Å². The molecule has 0 aliphatic rings. The van der Waals surface area contributed by atoms with Crippen molar-refractivity contribution in [1.29, 1.82) is 0 Å². The average molecular weight is 265 g/mol. The van der Waals surface area contributed by atoms with Gasteiger partial charge in [-0.1, -0.05) is 0 Å². The van der Waals surface area contributed by atoms with Crippen LogP contribution in [0.3, 0.4) is 0 Å². The summed E-state index contributed by atoms with van der Waals surface area (Å²) in [7, 11) is 0. The minimum absolute atomic E-state index is 0.136. The van der Waals surface area contributed by atoms with Gasteiger partial charge in [-0.3, -0.25) is 0 Å². The summed E-state index contributed by atoms with van der Waals surface area (Å²) in [4.78, 5) is 8.27. The van der Waals surface area contributed by atoms with Crippen LogP contribution in [-0.2, 0) is 0 Å². The number of halogens is 4. The standard InChI is InChI=1S/C9H7F4N3S/c10-8(11)9(12,13)3-14-6-5-1-2-17-7(5)16-4-15-6/h1-2,4,8H,3H2,(H,14,15,16). The van der Waals surface area contributed by atoms with Crippen LogP contribution < -0.4 is 5.32 Å². The highest BCUT2D eigenvalue weighted by molar-refractivity contribution is 7.16. The molecule has 0 aromatic carbocycles. The predicted molar refractivity (Wildman–Crippen MR) is 56.9 cm³/mol. The molecule has 0 fully saturated rings. The van der Waals surface area contributed by atoms with Gasteiger partial charge in [-0.15, -0.1) is 11.3 Å². The Labute approximate surface area is 97.5 Å². The number of alkyl halides is 4. The van der Waals surface area contributed by atoms with Crippen molar-refractivity contribution in [2.45, 2.75) is 12.3 Å². The van der Waals surface area contributed by atoms with Gasteiger partial charge < -0.3 is 5.32 Å². The van der Waals surface area contributed by atoms with Crippen molar-refractivity contribution in [2.24, 2.45) is 0 Å². The molecule has 0 aliphatic heterocycles. The average Bonchev–Trinajstić information content (AvgIpc) is 2.74. The molecule has 17 heavy (non-hydrogen) atoms. The number of anilines is 1. The minimum Gasteiger partial charge on any atom is -0.363 e. The Hall–Kier alpha value is -1.44. The van der Waals surface area contributed by atoms with Crippen LogP contribution in [0.2, 0.25) is 0 Å².